The molecule has 2 saturated heterocycles. The van der Waals surface area contributed by atoms with Gasteiger partial charge >= 0.3 is 0 Å². The van der Waals surface area contributed by atoms with E-state index < -0.39 is 34.2 Å². The number of likely N-dealkylation sites (N-methyl/N-ethyl adjacent to an activating group) is 2. The monoisotopic (exact) mass is 710 g/mol. The molecule has 52 heavy (non-hydrogen) atoms. The van der Waals surface area contributed by atoms with Gasteiger partial charge in [0.05, 0.1) is 51.1 Å². The van der Waals surface area contributed by atoms with E-state index in [0.29, 0.717) is 61.5 Å². The van der Waals surface area contributed by atoms with Crippen molar-refractivity contribution in [2.24, 2.45) is 11.8 Å². The van der Waals surface area contributed by atoms with Gasteiger partial charge in [0.25, 0.3) is 0 Å². The van der Waals surface area contributed by atoms with Gasteiger partial charge in [0.1, 0.15) is 23.3 Å². The predicted molar refractivity (Wildman–Crippen MR) is 187 cm³/mol. The highest BCUT2D eigenvalue weighted by Gasteiger charge is 2.78. The standard InChI is InChI=1S/C42H48N2O8/c1-43(19-21-3-4-21)13-11-39-31-23-15-25(33(47)35(31)51-37(39)27(45)7-9-41(39,49)29(43)17-23)26-16-24-18-30-42(50)10-8-28(46)38-40(42,32(24)36(52-38)34(26)48)12-14-44(30,2)20-22-5-6-22/h15-16,21-22,29-30,37-38,49-50H,3-14,17-20H2,1-2H3/p+2/t29-,30-,37+,38+,39+,40+,41-,42-,43?,44?/m1/s1. The van der Waals surface area contributed by atoms with Crippen molar-refractivity contribution >= 4 is 11.6 Å². The molecule has 4 N–H and O–H groups in total. The smallest absolute Gasteiger partial charge is 0.174 e. The molecule has 4 heterocycles. The first-order valence-electron chi connectivity index (χ1n) is 20.1. The lowest BCUT2D eigenvalue weighted by Crippen LogP contribution is -2.80. The number of aliphatic hydroxyl groups is 2. The molecule has 4 saturated carbocycles. The molecule has 2 unspecified atom stereocenters. The van der Waals surface area contributed by atoms with Crippen LogP contribution >= 0.6 is 0 Å². The van der Waals surface area contributed by atoms with E-state index in [9.17, 15) is 30.0 Å². The molecule has 2 aromatic rings. The van der Waals surface area contributed by atoms with Crippen molar-refractivity contribution in [1.29, 1.82) is 0 Å². The minimum atomic E-state index is -1.13. The molecule has 274 valence electrons. The number of ether oxygens (including phenoxy) is 2. The minimum absolute atomic E-state index is 0.0251. The molecule has 10 heteroatoms. The van der Waals surface area contributed by atoms with Crippen LogP contribution < -0.4 is 9.47 Å². The van der Waals surface area contributed by atoms with Crippen molar-refractivity contribution in [2.75, 3.05) is 40.3 Å². The summed E-state index contributed by atoms with van der Waals surface area (Å²) in [6.07, 6.45) is 6.86. The topological polar surface area (TPSA) is 134 Å². The molecule has 0 amide bonds. The lowest BCUT2D eigenvalue weighted by molar-refractivity contribution is -0.950. The molecule has 10 nitrogen and oxygen atoms in total. The molecule has 6 fully saturated rings. The van der Waals surface area contributed by atoms with E-state index in [4.69, 9.17) is 9.47 Å². The third-order valence-corrected chi connectivity index (χ3v) is 17.1. The van der Waals surface area contributed by atoms with Gasteiger partial charge in [-0.15, -0.1) is 0 Å². The number of hydrogen-bond acceptors (Lipinski definition) is 8. The summed E-state index contributed by atoms with van der Waals surface area (Å²) in [5, 5.41) is 50.3. The van der Waals surface area contributed by atoms with Gasteiger partial charge in [-0.2, -0.15) is 0 Å². The number of phenolic OH excluding ortho intramolecular Hbond substituents is 2. The molecule has 4 bridgehead atoms. The zero-order valence-electron chi connectivity index (χ0n) is 30.2. The molecule has 2 spiro atoms. The molecule has 2 aromatic carbocycles. The Kier molecular flexibility index (Phi) is 5.51. The minimum Gasteiger partial charge on any atom is -0.504 e. The largest absolute Gasteiger partial charge is 0.504 e. The number of quaternary nitrogens is 2. The Morgan fingerprint density at radius 2 is 1.08 bits per heavy atom. The molecule has 10 atom stereocenters. The highest BCUT2D eigenvalue weighted by Crippen LogP contribution is 2.70. The molecular formula is C42H50N2O8+2. The summed E-state index contributed by atoms with van der Waals surface area (Å²) in [5.74, 6) is 1.53. The zero-order valence-corrected chi connectivity index (χ0v) is 30.2. The molecule has 10 aliphatic rings. The summed E-state index contributed by atoms with van der Waals surface area (Å²) in [6.45, 7) is 3.71. The maximum Gasteiger partial charge on any atom is 0.174 e. The first kappa shape index (κ1) is 31.2. The molecule has 0 radical (unpaired) electrons. The summed E-state index contributed by atoms with van der Waals surface area (Å²) in [4.78, 5) is 27.4. The number of carbonyl (C=O) groups excluding carboxylic acids is 2. The normalized spacial score (nSPS) is 45.6. The number of nitrogens with zero attached hydrogens (tertiary/aromatic N) is 2. The van der Waals surface area contributed by atoms with Crippen LogP contribution in [0.15, 0.2) is 12.1 Å². The fourth-order valence-electron chi connectivity index (χ4n) is 14.4. The lowest BCUT2D eigenvalue weighted by Gasteiger charge is -2.64. The SMILES string of the molecule is C[N+]1(CC2CC2)CC[C@]23c4c5cc(-c6cc7c8c(c6O)O[C@H]6C(=O)CC[C@@]9(O)[C@@H](C7)[N+](C)(CC7CC7)CC[C@]869)c(O)c4O[C@H]2C(=O)CC[C@@]3(O)[C@H]1C5. The van der Waals surface area contributed by atoms with Crippen LogP contribution in [0.25, 0.3) is 11.1 Å². The lowest BCUT2D eigenvalue weighted by atomic mass is 9.48. The van der Waals surface area contributed by atoms with Crippen molar-refractivity contribution < 1.29 is 48.5 Å². The Labute approximate surface area is 303 Å². The first-order valence-corrected chi connectivity index (χ1v) is 20.1. The number of carbonyl (C=O) groups is 2. The molecule has 6 aliphatic carbocycles. The molecule has 4 aliphatic heterocycles. The zero-order chi connectivity index (χ0) is 35.5. The molecular weight excluding hydrogens is 660 g/mol. The average molecular weight is 711 g/mol. The van der Waals surface area contributed by atoms with Crippen LogP contribution in [-0.4, -0.2) is 117 Å². The quantitative estimate of drug-likeness (QED) is 0.348. The number of likely N-dealkylation sites (tertiary alicyclic amines) is 2. The van der Waals surface area contributed by atoms with Gasteiger partial charge in [-0.05, 0) is 61.8 Å². The van der Waals surface area contributed by atoms with E-state index in [1.54, 1.807) is 0 Å². The maximum atomic E-state index is 13.7. The summed E-state index contributed by atoms with van der Waals surface area (Å²) in [6, 6.07) is 3.71. The Morgan fingerprint density at radius 1 is 0.673 bits per heavy atom. The van der Waals surface area contributed by atoms with Crippen LogP contribution in [0.3, 0.4) is 0 Å². The fraction of sp³-hybridized carbons (Fsp3) is 0.667. The third kappa shape index (κ3) is 3.29. The third-order valence-electron chi connectivity index (χ3n) is 17.1. The van der Waals surface area contributed by atoms with Crippen LogP contribution in [0.5, 0.6) is 23.0 Å². The van der Waals surface area contributed by atoms with Gasteiger partial charge in [0.2, 0.25) is 0 Å². The second kappa shape index (κ2) is 9.19. The van der Waals surface area contributed by atoms with E-state index in [-0.39, 0.29) is 59.5 Å². The van der Waals surface area contributed by atoms with Gasteiger partial charge in [0, 0.05) is 72.6 Å². The van der Waals surface area contributed by atoms with Crippen molar-refractivity contribution in [3.05, 3.63) is 34.4 Å². The highest BCUT2D eigenvalue weighted by atomic mass is 16.5. The number of rotatable bonds is 5. The van der Waals surface area contributed by atoms with Crippen LogP contribution in [0, 0.1) is 11.8 Å². The van der Waals surface area contributed by atoms with Crippen LogP contribution in [0.1, 0.15) is 86.5 Å². The van der Waals surface area contributed by atoms with Crippen molar-refractivity contribution in [1.82, 2.24) is 0 Å². The summed E-state index contributed by atoms with van der Waals surface area (Å²) >= 11 is 0. The number of aromatic hydroxyl groups is 2. The average Bonchev–Trinajstić information content (AvgIpc) is 4.03. The van der Waals surface area contributed by atoms with Gasteiger partial charge < -0.3 is 38.9 Å². The number of hydrogen-bond donors (Lipinski definition) is 4. The van der Waals surface area contributed by atoms with E-state index in [2.05, 4.69) is 14.1 Å². The predicted octanol–water partition coefficient (Wildman–Crippen LogP) is 3.32. The van der Waals surface area contributed by atoms with Crippen molar-refractivity contribution in [2.45, 2.75) is 123 Å². The summed E-state index contributed by atoms with van der Waals surface area (Å²) in [7, 11) is 4.56. The van der Waals surface area contributed by atoms with Crippen LogP contribution in [-0.2, 0) is 33.3 Å². The Hall–Kier alpha value is -3.18. The Balaban J connectivity index is 1.05. The van der Waals surface area contributed by atoms with Crippen LogP contribution in [0.4, 0.5) is 0 Å². The van der Waals surface area contributed by atoms with Gasteiger partial charge in [-0.3, -0.25) is 9.59 Å². The second-order valence-corrected chi connectivity index (χ2v) is 19.6. The number of ketones is 2. The Morgan fingerprint density at radius 3 is 1.46 bits per heavy atom. The number of Topliss-reactive ketones (excluding diaryl/α,β-unsaturated/α-hetero) is 2. The molecule has 0 aromatic heterocycles. The Bertz CT molecular complexity index is 1930. The number of benzene rings is 2. The van der Waals surface area contributed by atoms with Crippen molar-refractivity contribution in [3.8, 4) is 34.1 Å². The summed E-state index contributed by atoms with van der Waals surface area (Å²) < 4.78 is 14.7. The van der Waals surface area contributed by atoms with Gasteiger partial charge in [0.15, 0.2) is 46.8 Å². The van der Waals surface area contributed by atoms with Gasteiger partial charge in [-0.25, -0.2) is 0 Å². The van der Waals surface area contributed by atoms with E-state index in [1.807, 2.05) is 12.1 Å². The van der Waals surface area contributed by atoms with Crippen molar-refractivity contribution in [3.63, 3.8) is 0 Å². The molecule has 12 rings (SSSR count). The summed E-state index contributed by atoms with van der Waals surface area (Å²) in [5.41, 5.74) is 0.233. The highest BCUT2D eigenvalue weighted by molar-refractivity contribution is 5.94. The maximum absolute atomic E-state index is 13.7. The van der Waals surface area contributed by atoms with Crippen LogP contribution in [0.2, 0.25) is 0 Å². The number of phenols is 2. The van der Waals surface area contributed by atoms with E-state index >= 15 is 0 Å². The second-order valence-electron chi connectivity index (χ2n) is 19.6. The number of piperidine rings is 2. The first-order chi connectivity index (χ1) is 24.8. The van der Waals surface area contributed by atoms with Gasteiger partial charge in [-0.1, -0.05) is 0 Å². The fourth-order valence-corrected chi connectivity index (χ4v) is 14.4. The van der Waals surface area contributed by atoms with E-state index in [1.165, 1.54) is 25.7 Å². The van der Waals surface area contributed by atoms with E-state index in [0.717, 1.165) is 57.4 Å².